The average molecular weight is 535 g/mol. The normalized spacial score (nSPS) is 24.5. The molecule has 3 nitrogen and oxygen atoms in total. The summed E-state index contributed by atoms with van der Waals surface area (Å²) in [4.78, 5) is 0. The van der Waals surface area contributed by atoms with Gasteiger partial charge in [-0.3, -0.25) is 0 Å². The average Bonchev–Trinajstić information content (AvgIpc) is 3.26. The van der Waals surface area contributed by atoms with Gasteiger partial charge in [0.15, 0.2) is 0 Å². The lowest BCUT2D eigenvalue weighted by molar-refractivity contribution is -0.00727. The van der Waals surface area contributed by atoms with Crippen molar-refractivity contribution in [2.24, 2.45) is 17.8 Å². The Morgan fingerprint density at radius 3 is 2.03 bits per heavy atom. The fourth-order valence-corrected chi connectivity index (χ4v) is 11.6. The van der Waals surface area contributed by atoms with Crippen molar-refractivity contribution in [3.63, 3.8) is 0 Å². The Hall–Kier alpha value is -2.09. The Bertz CT molecular complexity index is 1030. The van der Waals surface area contributed by atoms with Crippen LogP contribution in [-0.4, -0.2) is 29.3 Å². The number of allylic oxidation sites excluding steroid dienone is 1. The summed E-state index contributed by atoms with van der Waals surface area (Å²) in [6, 6.07) is 21.7. The van der Waals surface area contributed by atoms with Gasteiger partial charge in [-0.25, -0.2) is 0 Å². The molecule has 0 aromatic heterocycles. The molecule has 37 heavy (non-hydrogen) atoms. The van der Waals surface area contributed by atoms with Crippen molar-refractivity contribution in [1.29, 1.82) is 0 Å². The minimum atomic E-state index is -2.55. The monoisotopic (exact) mass is 534 g/mol. The minimum Gasteiger partial charge on any atom is -0.520 e. The van der Waals surface area contributed by atoms with Crippen molar-refractivity contribution in [3.05, 3.63) is 84.8 Å². The van der Waals surface area contributed by atoms with Crippen LogP contribution in [0.2, 0.25) is 24.7 Å². The third kappa shape index (κ3) is 6.15. The maximum absolute atomic E-state index is 7.09. The molecule has 2 aromatic carbocycles. The highest BCUT2D eigenvalue weighted by molar-refractivity contribution is 6.99. The first-order chi connectivity index (χ1) is 17.5. The van der Waals surface area contributed by atoms with E-state index in [1.165, 1.54) is 29.6 Å². The number of hydrogen-bond acceptors (Lipinski definition) is 3. The van der Waals surface area contributed by atoms with Gasteiger partial charge >= 0.3 is 0 Å². The van der Waals surface area contributed by atoms with Gasteiger partial charge < -0.3 is 13.6 Å². The first-order valence-electron chi connectivity index (χ1n) is 14.0. The standard InChI is InChI=1S/C32H46O3Si2/c1-8-25-21-22-26-24-30(35-36(5,6)7)34-29(31(25)26)20-15-23-33-37(32(2,3)4,27-16-11-9-12-17-27)28-18-13-10-14-19-28/h9-20,24-26,29,31H,8,21-23H2,1-7H3/b20-15+/t25-,26-,29-,31+/m0/s1. The van der Waals surface area contributed by atoms with Crippen LogP contribution in [-0.2, 0) is 13.6 Å². The summed E-state index contributed by atoms with van der Waals surface area (Å²) in [5.41, 5.74) is 0. The summed E-state index contributed by atoms with van der Waals surface area (Å²) in [6.07, 6.45) is 10.5. The maximum atomic E-state index is 7.09. The lowest BCUT2D eigenvalue weighted by Crippen LogP contribution is -2.66. The third-order valence-electron chi connectivity index (χ3n) is 7.96. The van der Waals surface area contributed by atoms with Crippen LogP contribution < -0.4 is 10.4 Å². The molecule has 0 spiro atoms. The molecule has 1 saturated carbocycles. The van der Waals surface area contributed by atoms with Crippen LogP contribution in [0.3, 0.4) is 0 Å². The molecule has 0 N–H and O–H groups in total. The van der Waals surface area contributed by atoms with E-state index in [1.54, 1.807) is 0 Å². The number of benzene rings is 2. The molecule has 0 radical (unpaired) electrons. The lowest BCUT2D eigenvalue weighted by atomic mass is 9.82. The summed E-state index contributed by atoms with van der Waals surface area (Å²) in [5.74, 6) is 2.50. The van der Waals surface area contributed by atoms with Gasteiger partial charge in [0.25, 0.3) is 14.3 Å². The van der Waals surface area contributed by atoms with E-state index in [4.69, 9.17) is 13.6 Å². The molecule has 4 atom stereocenters. The predicted molar refractivity (Wildman–Crippen MR) is 160 cm³/mol. The van der Waals surface area contributed by atoms with Crippen molar-refractivity contribution in [2.75, 3.05) is 6.61 Å². The Kier molecular flexibility index (Phi) is 8.56. The zero-order valence-corrected chi connectivity index (χ0v) is 25.9. The summed E-state index contributed by atoms with van der Waals surface area (Å²) >= 11 is 0. The van der Waals surface area contributed by atoms with Crippen molar-refractivity contribution >= 4 is 27.0 Å². The van der Waals surface area contributed by atoms with Crippen molar-refractivity contribution in [1.82, 2.24) is 0 Å². The van der Waals surface area contributed by atoms with Gasteiger partial charge in [0.05, 0.1) is 6.61 Å². The largest absolute Gasteiger partial charge is 0.520 e. The highest BCUT2D eigenvalue weighted by Gasteiger charge is 2.50. The molecule has 1 aliphatic carbocycles. The quantitative estimate of drug-likeness (QED) is 0.250. The number of ether oxygens (including phenoxy) is 1. The Morgan fingerprint density at radius 1 is 0.919 bits per heavy atom. The van der Waals surface area contributed by atoms with Gasteiger partial charge in [0, 0.05) is 5.92 Å². The van der Waals surface area contributed by atoms with E-state index in [0.29, 0.717) is 24.4 Å². The summed E-state index contributed by atoms with van der Waals surface area (Å²) in [6.45, 7) is 16.5. The molecule has 4 rings (SSSR count). The van der Waals surface area contributed by atoms with Crippen molar-refractivity contribution in [2.45, 2.75) is 77.7 Å². The summed E-state index contributed by atoms with van der Waals surface area (Å²) < 4.78 is 19.9. The fourth-order valence-electron chi connectivity index (χ4n) is 6.40. The van der Waals surface area contributed by atoms with E-state index >= 15 is 0 Å². The molecule has 0 amide bonds. The van der Waals surface area contributed by atoms with E-state index < -0.39 is 16.6 Å². The molecule has 0 saturated heterocycles. The highest BCUT2D eigenvalue weighted by atomic mass is 28.4. The van der Waals surface area contributed by atoms with Gasteiger partial charge in [-0.1, -0.05) is 101 Å². The molecular formula is C32H46O3Si2. The highest BCUT2D eigenvalue weighted by Crippen LogP contribution is 2.47. The lowest BCUT2D eigenvalue weighted by Gasteiger charge is -2.42. The number of fused-ring (bicyclic) bond motifs is 1. The van der Waals surface area contributed by atoms with Gasteiger partial charge in [0.2, 0.25) is 8.32 Å². The topological polar surface area (TPSA) is 27.7 Å². The summed E-state index contributed by atoms with van der Waals surface area (Å²) in [7, 11) is -4.29. The molecule has 1 heterocycles. The second kappa shape index (κ2) is 11.3. The summed E-state index contributed by atoms with van der Waals surface area (Å²) in [5, 5.41) is 2.59. The van der Waals surface area contributed by atoms with Crippen LogP contribution in [0.1, 0.15) is 47.0 Å². The Morgan fingerprint density at radius 2 is 1.51 bits per heavy atom. The minimum absolute atomic E-state index is 0.0319. The van der Waals surface area contributed by atoms with E-state index in [-0.39, 0.29) is 11.1 Å². The number of rotatable bonds is 9. The van der Waals surface area contributed by atoms with E-state index in [0.717, 1.165) is 5.95 Å². The van der Waals surface area contributed by atoms with E-state index in [1.807, 2.05) is 0 Å². The fraction of sp³-hybridized carbons (Fsp3) is 0.500. The molecule has 0 unspecified atom stereocenters. The Balaban J connectivity index is 1.60. The maximum Gasteiger partial charge on any atom is 0.261 e. The molecule has 1 aliphatic heterocycles. The molecule has 2 aromatic rings. The van der Waals surface area contributed by atoms with Crippen LogP contribution in [0.5, 0.6) is 0 Å². The molecule has 1 fully saturated rings. The van der Waals surface area contributed by atoms with Crippen LogP contribution >= 0.6 is 0 Å². The first kappa shape index (κ1) is 27.9. The predicted octanol–water partition coefficient (Wildman–Crippen LogP) is 7.26. The second-order valence-corrected chi connectivity index (χ2v) is 21.4. The zero-order chi connectivity index (χ0) is 26.7. The molecule has 200 valence electrons. The first-order valence-corrected chi connectivity index (χ1v) is 19.4. The van der Waals surface area contributed by atoms with Crippen LogP contribution in [0, 0.1) is 17.8 Å². The zero-order valence-electron chi connectivity index (χ0n) is 23.9. The van der Waals surface area contributed by atoms with E-state index in [9.17, 15) is 0 Å². The van der Waals surface area contributed by atoms with Crippen LogP contribution in [0.25, 0.3) is 0 Å². The second-order valence-electron chi connectivity index (χ2n) is 12.7. The molecular weight excluding hydrogens is 489 g/mol. The van der Waals surface area contributed by atoms with Gasteiger partial charge in [-0.15, -0.1) is 0 Å². The van der Waals surface area contributed by atoms with Crippen LogP contribution in [0.15, 0.2) is 84.8 Å². The SMILES string of the molecule is CC[C@H]1CC[C@H]2C=C(O[Si](C)(C)C)O[C@@H](/C=C/CO[Si](c3ccccc3)(c3ccccc3)C(C)(C)C)[C@H]12. The number of hydrogen-bond donors (Lipinski definition) is 0. The molecule has 2 aliphatic rings. The van der Waals surface area contributed by atoms with Gasteiger partial charge in [0.1, 0.15) is 6.10 Å². The van der Waals surface area contributed by atoms with Gasteiger partial charge in [-0.05, 0) is 71.9 Å². The molecule has 5 heteroatoms. The van der Waals surface area contributed by atoms with E-state index in [2.05, 4.69) is 126 Å². The van der Waals surface area contributed by atoms with Crippen molar-refractivity contribution < 1.29 is 13.6 Å². The van der Waals surface area contributed by atoms with Crippen LogP contribution in [0.4, 0.5) is 0 Å². The Labute approximate surface area is 227 Å². The van der Waals surface area contributed by atoms with Gasteiger partial charge in [-0.2, -0.15) is 0 Å². The molecule has 0 bridgehead atoms. The van der Waals surface area contributed by atoms with Crippen molar-refractivity contribution in [3.8, 4) is 0 Å². The smallest absolute Gasteiger partial charge is 0.261 e. The third-order valence-corrected chi connectivity index (χ3v) is 13.8.